The van der Waals surface area contributed by atoms with E-state index in [0.29, 0.717) is 17.2 Å². The third kappa shape index (κ3) is 5.40. The fourth-order valence-electron chi connectivity index (χ4n) is 1.25. The van der Waals surface area contributed by atoms with Gasteiger partial charge in [-0.2, -0.15) is 13.2 Å². The van der Waals surface area contributed by atoms with Crippen molar-refractivity contribution in [3.63, 3.8) is 0 Å². The molecule has 0 unspecified atom stereocenters. The largest absolute Gasteiger partial charge is 0.494 e. The quantitative estimate of drug-likeness (QED) is 0.736. The van der Waals surface area contributed by atoms with Crippen LogP contribution in [0.25, 0.3) is 0 Å². The molecule has 0 atom stereocenters. The van der Waals surface area contributed by atoms with E-state index in [4.69, 9.17) is 16.3 Å². The minimum Gasteiger partial charge on any atom is -0.494 e. The van der Waals surface area contributed by atoms with E-state index in [1.807, 2.05) is 0 Å². The zero-order chi connectivity index (χ0) is 13.6. The molecule has 0 saturated heterocycles. The fourth-order valence-corrected chi connectivity index (χ4v) is 1.38. The van der Waals surface area contributed by atoms with E-state index in [1.54, 1.807) is 24.3 Å². The topological polar surface area (TPSA) is 26.3 Å². The molecule has 1 rings (SSSR count). The Bertz CT molecular complexity index is 387. The van der Waals surface area contributed by atoms with Gasteiger partial charge in [-0.3, -0.25) is 4.79 Å². The SMILES string of the molecule is O=C(CCCCOc1ccc(Cl)cc1)C(F)(F)F. The highest BCUT2D eigenvalue weighted by Gasteiger charge is 2.36. The van der Waals surface area contributed by atoms with Gasteiger partial charge in [0.05, 0.1) is 6.61 Å². The van der Waals surface area contributed by atoms with Gasteiger partial charge in [-0.1, -0.05) is 11.6 Å². The molecule has 0 aliphatic carbocycles. The third-order valence-electron chi connectivity index (χ3n) is 2.20. The number of halogens is 4. The van der Waals surface area contributed by atoms with E-state index in [-0.39, 0.29) is 13.0 Å². The molecule has 0 N–H and O–H groups in total. The van der Waals surface area contributed by atoms with Gasteiger partial charge in [0.2, 0.25) is 5.78 Å². The standard InChI is InChI=1S/C12H12ClF3O2/c13-9-4-6-10(7-5-9)18-8-2-1-3-11(17)12(14,15)16/h4-7H,1-3,8H2. The number of hydrogen-bond acceptors (Lipinski definition) is 2. The zero-order valence-corrected chi connectivity index (χ0v) is 10.2. The normalized spacial score (nSPS) is 11.3. The molecule has 1 aromatic rings. The van der Waals surface area contributed by atoms with Gasteiger partial charge in [-0.15, -0.1) is 0 Å². The van der Waals surface area contributed by atoms with Crippen molar-refractivity contribution in [1.82, 2.24) is 0 Å². The molecule has 0 aliphatic heterocycles. The number of unbranched alkanes of at least 4 members (excludes halogenated alkanes) is 1. The highest BCUT2D eigenvalue weighted by molar-refractivity contribution is 6.30. The Hall–Kier alpha value is -1.23. The summed E-state index contributed by atoms with van der Waals surface area (Å²) in [5.41, 5.74) is 0. The van der Waals surface area contributed by atoms with Crippen LogP contribution in [-0.4, -0.2) is 18.6 Å². The Balaban J connectivity index is 2.16. The van der Waals surface area contributed by atoms with Crippen molar-refractivity contribution in [2.24, 2.45) is 0 Å². The summed E-state index contributed by atoms with van der Waals surface area (Å²) in [6.45, 7) is 0.271. The van der Waals surface area contributed by atoms with Crippen molar-refractivity contribution in [2.45, 2.75) is 25.4 Å². The maximum atomic E-state index is 11.9. The molecular weight excluding hydrogens is 269 g/mol. The molecule has 0 saturated carbocycles. The molecule has 0 aliphatic rings. The lowest BCUT2D eigenvalue weighted by Crippen LogP contribution is -2.22. The van der Waals surface area contributed by atoms with Crippen molar-refractivity contribution in [3.05, 3.63) is 29.3 Å². The van der Waals surface area contributed by atoms with Gasteiger partial charge < -0.3 is 4.74 Å². The number of ether oxygens (including phenoxy) is 1. The van der Waals surface area contributed by atoms with E-state index in [2.05, 4.69) is 0 Å². The van der Waals surface area contributed by atoms with Gasteiger partial charge in [0, 0.05) is 11.4 Å². The van der Waals surface area contributed by atoms with Gasteiger partial charge in [0.1, 0.15) is 5.75 Å². The van der Waals surface area contributed by atoms with Crippen LogP contribution < -0.4 is 4.74 Å². The minimum absolute atomic E-state index is 0.159. The average Bonchev–Trinajstić information content (AvgIpc) is 2.29. The Morgan fingerprint density at radius 2 is 1.78 bits per heavy atom. The molecule has 0 spiro atoms. The maximum absolute atomic E-state index is 11.9. The maximum Gasteiger partial charge on any atom is 0.449 e. The van der Waals surface area contributed by atoms with Crippen LogP contribution in [0, 0.1) is 0 Å². The molecule has 0 aromatic heterocycles. The monoisotopic (exact) mass is 280 g/mol. The van der Waals surface area contributed by atoms with Crippen LogP contribution in [0.1, 0.15) is 19.3 Å². The number of carbonyl (C=O) groups is 1. The summed E-state index contributed by atoms with van der Waals surface area (Å²) >= 11 is 5.67. The number of benzene rings is 1. The summed E-state index contributed by atoms with van der Waals surface area (Å²) in [6, 6.07) is 6.65. The lowest BCUT2D eigenvalue weighted by molar-refractivity contribution is -0.171. The Morgan fingerprint density at radius 1 is 1.17 bits per heavy atom. The van der Waals surface area contributed by atoms with Crippen LogP contribution in [0.5, 0.6) is 5.75 Å². The van der Waals surface area contributed by atoms with E-state index in [9.17, 15) is 18.0 Å². The molecular formula is C12H12ClF3O2. The predicted molar refractivity (Wildman–Crippen MR) is 61.9 cm³/mol. The molecule has 0 bridgehead atoms. The molecule has 0 radical (unpaired) electrons. The summed E-state index contributed by atoms with van der Waals surface area (Å²) in [7, 11) is 0. The molecule has 0 heterocycles. The first-order valence-corrected chi connectivity index (χ1v) is 5.76. The lowest BCUT2D eigenvalue weighted by atomic mass is 10.2. The van der Waals surface area contributed by atoms with Crippen molar-refractivity contribution in [3.8, 4) is 5.75 Å². The molecule has 2 nitrogen and oxygen atoms in total. The van der Waals surface area contributed by atoms with E-state index >= 15 is 0 Å². The van der Waals surface area contributed by atoms with Gasteiger partial charge in [0.15, 0.2) is 0 Å². The number of hydrogen-bond donors (Lipinski definition) is 0. The number of Topliss-reactive ketones (excluding diaryl/α,β-unsaturated/α-hetero) is 1. The van der Waals surface area contributed by atoms with Crippen LogP contribution in [0.3, 0.4) is 0 Å². The first-order valence-electron chi connectivity index (χ1n) is 5.38. The average molecular weight is 281 g/mol. The zero-order valence-electron chi connectivity index (χ0n) is 9.47. The summed E-state index contributed by atoms with van der Waals surface area (Å²) in [4.78, 5) is 10.6. The van der Waals surface area contributed by atoms with E-state index in [0.717, 1.165) is 0 Å². The Labute approximate surface area is 108 Å². The number of carbonyl (C=O) groups excluding carboxylic acids is 1. The first-order chi connectivity index (χ1) is 8.39. The lowest BCUT2D eigenvalue weighted by Gasteiger charge is -2.07. The molecule has 1 aromatic carbocycles. The van der Waals surface area contributed by atoms with Crippen LogP contribution in [0.4, 0.5) is 13.2 Å². The summed E-state index contributed by atoms with van der Waals surface area (Å²) in [6.07, 6.45) is -4.67. The van der Waals surface area contributed by atoms with Crippen molar-refractivity contribution in [2.75, 3.05) is 6.61 Å². The predicted octanol–water partition coefficient (Wildman–Crippen LogP) is 4.02. The summed E-state index contributed by atoms with van der Waals surface area (Å²) in [5.74, 6) is -1.09. The Morgan fingerprint density at radius 3 is 2.33 bits per heavy atom. The highest BCUT2D eigenvalue weighted by atomic mass is 35.5. The number of rotatable bonds is 6. The fraction of sp³-hybridized carbons (Fsp3) is 0.417. The van der Waals surface area contributed by atoms with Gasteiger partial charge >= 0.3 is 6.18 Å². The van der Waals surface area contributed by atoms with Crippen LogP contribution >= 0.6 is 11.6 Å². The number of alkyl halides is 3. The Kier molecular flexibility index (Phi) is 5.47. The molecule has 100 valence electrons. The second kappa shape index (κ2) is 6.64. The summed E-state index contributed by atoms with van der Waals surface area (Å²) < 4.78 is 40.9. The number of ketones is 1. The van der Waals surface area contributed by atoms with Gasteiger partial charge in [0.25, 0.3) is 0 Å². The van der Waals surface area contributed by atoms with Crippen molar-refractivity contribution < 1.29 is 22.7 Å². The smallest absolute Gasteiger partial charge is 0.449 e. The van der Waals surface area contributed by atoms with Crippen molar-refractivity contribution >= 4 is 17.4 Å². The molecule has 0 fully saturated rings. The minimum atomic E-state index is -4.73. The van der Waals surface area contributed by atoms with E-state index in [1.165, 1.54) is 0 Å². The molecule has 18 heavy (non-hydrogen) atoms. The summed E-state index contributed by atoms with van der Waals surface area (Å²) in [5, 5.41) is 0.582. The third-order valence-corrected chi connectivity index (χ3v) is 2.45. The van der Waals surface area contributed by atoms with Gasteiger partial charge in [-0.25, -0.2) is 0 Å². The second-order valence-electron chi connectivity index (χ2n) is 3.68. The van der Waals surface area contributed by atoms with E-state index < -0.39 is 18.4 Å². The molecule has 0 amide bonds. The second-order valence-corrected chi connectivity index (χ2v) is 4.12. The molecule has 6 heteroatoms. The van der Waals surface area contributed by atoms with Crippen LogP contribution in [0.2, 0.25) is 5.02 Å². The highest BCUT2D eigenvalue weighted by Crippen LogP contribution is 2.19. The first kappa shape index (κ1) is 14.8. The van der Waals surface area contributed by atoms with Crippen LogP contribution in [0.15, 0.2) is 24.3 Å². The van der Waals surface area contributed by atoms with Crippen LogP contribution in [-0.2, 0) is 4.79 Å². The van der Waals surface area contributed by atoms with Crippen molar-refractivity contribution in [1.29, 1.82) is 0 Å². The van der Waals surface area contributed by atoms with Gasteiger partial charge in [-0.05, 0) is 37.1 Å².